The van der Waals surface area contributed by atoms with E-state index in [-0.39, 0.29) is 0 Å². The second kappa shape index (κ2) is 5.68. The van der Waals surface area contributed by atoms with Gasteiger partial charge < -0.3 is 9.26 Å². The van der Waals surface area contributed by atoms with Crippen LogP contribution in [0.2, 0.25) is 0 Å². The lowest BCUT2D eigenvalue weighted by molar-refractivity contribution is 0.300. The second-order valence-electron chi connectivity index (χ2n) is 6.16. The maximum absolute atomic E-state index is 5.47. The van der Waals surface area contributed by atoms with Gasteiger partial charge in [0.1, 0.15) is 0 Å². The van der Waals surface area contributed by atoms with Gasteiger partial charge in [0, 0.05) is 30.8 Å². The summed E-state index contributed by atoms with van der Waals surface area (Å²) in [5.74, 6) is 3.32. The number of aromatic nitrogens is 3. The highest BCUT2D eigenvalue weighted by Gasteiger charge is 2.33. The Bertz CT molecular complexity index is 653. The Hall–Kier alpha value is -1.95. The number of pyridine rings is 1. The molecule has 1 aliphatic heterocycles. The molecule has 0 amide bonds. The maximum Gasteiger partial charge on any atom is 0.231 e. The molecule has 2 aromatic heterocycles. The molecule has 6 heteroatoms. The summed E-state index contributed by atoms with van der Waals surface area (Å²) in [6, 6.07) is 4.02. The van der Waals surface area contributed by atoms with Crippen LogP contribution < -0.4 is 4.74 Å². The van der Waals surface area contributed by atoms with Gasteiger partial charge in [-0.05, 0) is 31.9 Å². The molecule has 2 aromatic rings. The molecule has 0 spiro atoms. The van der Waals surface area contributed by atoms with Crippen LogP contribution in [0.25, 0.3) is 0 Å². The third kappa shape index (κ3) is 2.70. The molecule has 6 nitrogen and oxygen atoms in total. The maximum atomic E-state index is 5.47. The van der Waals surface area contributed by atoms with Gasteiger partial charge in [0.2, 0.25) is 11.8 Å². The Kier molecular flexibility index (Phi) is 3.54. The number of methoxy groups -OCH3 is 1. The second-order valence-corrected chi connectivity index (χ2v) is 6.16. The van der Waals surface area contributed by atoms with E-state index in [0.717, 1.165) is 43.3 Å². The first kappa shape index (κ1) is 13.7. The zero-order valence-corrected chi connectivity index (χ0v) is 12.7. The van der Waals surface area contributed by atoms with Crippen molar-refractivity contribution in [3.05, 3.63) is 35.6 Å². The van der Waals surface area contributed by atoms with Crippen molar-refractivity contribution in [2.45, 2.75) is 37.6 Å². The Labute approximate surface area is 129 Å². The minimum Gasteiger partial charge on any atom is -0.481 e. The highest BCUT2D eigenvalue weighted by molar-refractivity contribution is 5.25. The fraction of sp³-hybridized carbons (Fsp3) is 0.562. The van der Waals surface area contributed by atoms with Crippen LogP contribution in [-0.2, 0) is 6.54 Å². The molecule has 0 aromatic carbocycles. The summed E-state index contributed by atoms with van der Waals surface area (Å²) in [7, 11) is 1.66. The third-order valence-corrected chi connectivity index (χ3v) is 4.46. The van der Waals surface area contributed by atoms with Crippen molar-refractivity contribution < 1.29 is 9.26 Å². The standard InChI is InChI=1S/C16H20N4O2/c1-21-15-12(3-2-7-17-15)9-20-8-6-13(10-20)16-18-14(19-22-16)11-4-5-11/h2-3,7,11,13H,4-6,8-10H2,1H3/t13-/m1/s1. The Balaban J connectivity index is 1.41. The predicted molar refractivity (Wildman–Crippen MR) is 79.7 cm³/mol. The number of ether oxygens (including phenoxy) is 1. The lowest BCUT2D eigenvalue weighted by Crippen LogP contribution is -2.20. The summed E-state index contributed by atoms with van der Waals surface area (Å²) in [6.45, 7) is 2.82. The Morgan fingerprint density at radius 1 is 1.32 bits per heavy atom. The summed E-state index contributed by atoms with van der Waals surface area (Å²) >= 11 is 0. The SMILES string of the molecule is COc1ncccc1CN1CC[C@@H](c2nc(C3CC3)no2)C1. The van der Waals surface area contributed by atoms with Gasteiger partial charge in [-0.25, -0.2) is 4.98 Å². The highest BCUT2D eigenvalue weighted by atomic mass is 16.5. The van der Waals surface area contributed by atoms with Crippen LogP contribution in [0.15, 0.2) is 22.9 Å². The van der Waals surface area contributed by atoms with Gasteiger partial charge in [0.25, 0.3) is 0 Å². The van der Waals surface area contributed by atoms with Crippen molar-refractivity contribution in [1.29, 1.82) is 0 Å². The largest absolute Gasteiger partial charge is 0.481 e. The molecular formula is C16H20N4O2. The smallest absolute Gasteiger partial charge is 0.231 e. The van der Waals surface area contributed by atoms with Crippen molar-refractivity contribution in [2.75, 3.05) is 20.2 Å². The summed E-state index contributed by atoms with van der Waals surface area (Å²) < 4.78 is 10.8. The van der Waals surface area contributed by atoms with Crippen molar-refractivity contribution in [1.82, 2.24) is 20.0 Å². The molecule has 1 atom stereocenters. The van der Waals surface area contributed by atoms with Gasteiger partial charge in [-0.15, -0.1) is 0 Å². The van der Waals surface area contributed by atoms with E-state index in [0.29, 0.717) is 17.7 Å². The number of hydrogen-bond donors (Lipinski definition) is 0. The zero-order chi connectivity index (χ0) is 14.9. The van der Waals surface area contributed by atoms with E-state index in [9.17, 15) is 0 Å². The van der Waals surface area contributed by atoms with Gasteiger partial charge in [0.05, 0.1) is 13.0 Å². The van der Waals surface area contributed by atoms with Crippen molar-refractivity contribution in [2.24, 2.45) is 0 Å². The lowest BCUT2D eigenvalue weighted by atomic mass is 10.1. The van der Waals surface area contributed by atoms with Crippen LogP contribution in [0.4, 0.5) is 0 Å². The molecule has 3 heterocycles. The first-order valence-corrected chi connectivity index (χ1v) is 7.87. The lowest BCUT2D eigenvalue weighted by Gasteiger charge is -2.16. The first-order valence-electron chi connectivity index (χ1n) is 7.87. The quantitative estimate of drug-likeness (QED) is 0.844. The van der Waals surface area contributed by atoms with E-state index in [1.807, 2.05) is 6.07 Å². The first-order chi connectivity index (χ1) is 10.8. The van der Waals surface area contributed by atoms with E-state index < -0.39 is 0 Å². The van der Waals surface area contributed by atoms with Gasteiger partial charge in [-0.3, -0.25) is 4.90 Å². The Morgan fingerprint density at radius 2 is 2.23 bits per heavy atom. The molecule has 0 unspecified atom stereocenters. The molecule has 1 saturated carbocycles. The van der Waals surface area contributed by atoms with Crippen LogP contribution >= 0.6 is 0 Å². The van der Waals surface area contributed by atoms with E-state index in [1.165, 1.54) is 12.8 Å². The predicted octanol–water partition coefficient (Wildman–Crippen LogP) is 2.34. The molecule has 1 aliphatic carbocycles. The molecule has 116 valence electrons. The summed E-state index contributed by atoms with van der Waals surface area (Å²) in [6.07, 6.45) is 5.23. The van der Waals surface area contributed by atoms with Crippen molar-refractivity contribution in [3.63, 3.8) is 0 Å². The van der Waals surface area contributed by atoms with Gasteiger partial charge in [-0.1, -0.05) is 11.2 Å². The molecule has 4 rings (SSSR count). The normalized spacial score (nSPS) is 22.1. The summed E-state index contributed by atoms with van der Waals surface area (Å²) in [4.78, 5) is 11.2. The molecule has 2 aliphatic rings. The molecular weight excluding hydrogens is 280 g/mol. The van der Waals surface area contributed by atoms with Crippen LogP contribution in [0.1, 0.15) is 48.4 Å². The monoisotopic (exact) mass is 300 g/mol. The minimum absolute atomic E-state index is 0.350. The van der Waals surface area contributed by atoms with Crippen LogP contribution in [0.3, 0.4) is 0 Å². The summed E-state index contributed by atoms with van der Waals surface area (Å²) in [5.41, 5.74) is 1.12. The van der Waals surface area contributed by atoms with Gasteiger partial charge >= 0.3 is 0 Å². The molecule has 0 bridgehead atoms. The van der Waals surface area contributed by atoms with Crippen molar-refractivity contribution >= 4 is 0 Å². The fourth-order valence-electron chi connectivity index (χ4n) is 3.07. The number of hydrogen-bond acceptors (Lipinski definition) is 6. The van der Waals surface area contributed by atoms with E-state index >= 15 is 0 Å². The number of nitrogens with zero attached hydrogens (tertiary/aromatic N) is 4. The van der Waals surface area contributed by atoms with Gasteiger partial charge in [-0.2, -0.15) is 4.98 Å². The van der Waals surface area contributed by atoms with Crippen LogP contribution in [-0.4, -0.2) is 40.2 Å². The van der Waals surface area contributed by atoms with E-state index in [2.05, 4.69) is 26.1 Å². The molecule has 22 heavy (non-hydrogen) atoms. The van der Waals surface area contributed by atoms with Crippen LogP contribution in [0, 0.1) is 0 Å². The number of likely N-dealkylation sites (tertiary alicyclic amines) is 1. The highest BCUT2D eigenvalue weighted by Crippen LogP contribution is 2.39. The molecule has 0 radical (unpaired) electrons. The summed E-state index contributed by atoms with van der Waals surface area (Å²) in [5, 5.41) is 4.12. The molecule has 1 saturated heterocycles. The Morgan fingerprint density at radius 3 is 3.05 bits per heavy atom. The van der Waals surface area contributed by atoms with E-state index in [1.54, 1.807) is 13.3 Å². The third-order valence-electron chi connectivity index (χ3n) is 4.46. The molecule has 0 N–H and O–H groups in total. The van der Waals surface area contributed by atoms with Gasteiger partial charge in [0.15, 0.2) is 5.82 Å². The zero-order valence-electron chi connectivity index (χ0n) is 12.7. The number of rotatable bonds is 5. The average Bonchev–Trinajstić information content (AvgIpc) is 3.10. The van der Waals surface area contributed by atoms with Crippen LogP contribution in [0.5, 0.6) is 5.88 Å². The fourth-order valence-corrected chi connectivity index (χ4v) is 3.07. The average molecular weight is 300 g/mol. The van der Waals surface area contributed by atoms with E-state index in [4.69, 9.17) is 9.26 Å². The topological polar surface area (TPSA) is 64.3 Å². The molecule has 2 fully saturated rings. The minimum atomic E-state index is 0.350. The van der Waals surface area contributed by atoms with Crippen molar-refractivity contribution in [3.8, 4) is 5.88 Å².